The molecule has 162 valence electrons. The molecule has 0 heterocycles. The van der Waals surface area contributed by atoms with E-state index < -0.39 is 17.2 Å². The number of nitrogens with zero attached hydrogens (tertiary/aromatic N) is 2. The molecule has 1 rings (SSSR count). The summed E-state index contributed by atoms with van der Waals surface area (Å²) in [4.78, 5) is 28.8. The van der Waals surface area contributed by atoms with Gasteiger partial charge in [-0.25, -0.2) is 4.79 Å². The second-order valence-corrected chi connectivity index (χ2v) is 9.36. The first-order chi connectivity index (χ1) is 13.2. The maximum Gasteiger partial charge on any atom is 0.410 e. The summed E-state index contributed by atoms with van der Waals surface area (Å²) in [7, 11) is 3.38. The lowest BCUT2D eigenvalue weighted by molar-refractivity contribution is -0.135. The number of carbonyl (C=O) groups is 2. The van der Waals surface area contributed by atoms with Gasteiger partial charge in [-0.2, -0.15) is 0 Å². The molecule has 1 aromatic carbocycles. The molecule has 0 radical (unpaired) electrons. The molecule has 1 unspecified atom stereocenters. The fourth-order valence-electron chi connectivity index (χ4n) is 3.15. The molecule has 0 fully saturated rings. The lowest BCUT2D eigenvalue weighted by atomic mass is 9.84. The van der Waals surface area contributed by atoms with E-state index in [-0.39, 0.29) is 18.4 Å². The molecule has 0 aliphatic carbocycles. The highest BCUT2D eigenvalue weighted by molar-refractivity contribution is 6.42. The zero-order valence-corrected chi connectivity index (χ0v) is 19.9. The van der Waals surface area contributed by atoms with Gasteiger partial charge in [-0.3, -0.25) is 9.69 Å². The van der Waals surface area contributed by atoms with Crippen molar-refractivity contribution in [2.75, 3.05) is 20.6 Å². The van der Waals surface area contributed by atoms with E-state index in [1.807, 2.05) is 40.7 Å². The highest BCUT2D eigenvalue weighted by Crippen LogP contribution is 2.37. The summed E-state index contributed by atoms with van der Waals surface area (Å²) in [6.45, 7) is 13.2. The second kappa shape index (κ2) is 9.86. The van der Waals surface area contributed by atoms with Crippen molar-refractivity contribution in [3.63, 3.8) is 0 Å². The Balaban J connectivity index is 3.57. The Morgan fingerprint density at radius 3 is 2.21 bits per heavy atom. The third-order valence-electron chi connectivity index (χ3n) is 4.62. The molecule has 0 saturated carbocycles. The maximum absolute atomic E-state index is 13.0. The number of hydrogen-bond donors (Lipinski definition) is 0. The second-order valence-electron chi connectivity index (χ2n) is 8.54. The van der Waals surface area contributed by atoms with Crippen molar-refractivity contribution in [3.05, 3.63) is 46.5 Å². The summed E-state index contributed by atoms with van der Waals surface area (Å²) in [5.74, 6) is -0.210. The van der Waals surface area contributed by atoms with Gasteiger partial charge in [0.05, 0.1) is 15.6 Å². The van der Waals surface area contributed by atoms with E-state index in [1.165, 1.54) is 4.90 Å². The van der Waals surface area contributed by atoms with Crippen molar-refractivity contribution >= 4 is 35.2 Å². The van der Waals surface area contributed by atoms with E-state index >= 15 is 0 Å². The third kappa shape index (κ3) is 6.38. The van der Waals surface area contributed by atoms with Crippen molar-refractivity contribution < 1.29 is 14.3 Å². The Kier molecular flexibility index (Phi) is 8.60. The van der Waals surface area contributed by atoms with Crippen molar-refractivity contribution in [1.29, 1.82) is 0 Å². The quantitative estimate of drug-likeness (QED) is 0.505. The van der Waals surface area contributed by atoms with Crippen LogP contribution in [0.25, 0.3) is 0 Å². The topological polar surface area (TPSA) is 49.9 Å². The number of carbonyl (C=O) groups excluding carboxylic acids is 2. The van der Waals surface area contributed by atoms with E-state index in [1.54, 1.807) is 37.2 Å². The average molecular weight is 443 g/mol. The molecule has 1 aromatic rings. The largest absolute Gasteiger partial charge is 0.444 e. The van der Waals surface area contributed by atoms with E-state index in [9.17, 15) is 9.59 Å². The van der Waals surface area contributed by atoms with Crippen LogP contribution in [0.15, 0.2) is 30.9 Å². The minimum atomic E-state index is -0.933. The standard InChI is InChI=1S/C22H32Cl2N2O3/c1-9-12-22(14-25(7)19(27)15(2)3,16-10-11-17(23)18(24)13-16)26(8)20(28)29-21(4,5)6/h9-11,13,15H,1,12,14H2,2-8H3. The molecule has 1 atom stereocenters. The van der Waals surface area contributed by atoms with Gasteiger partial charge < -0.3 is 9.64 Å². The smallest absolute Gasteiger partial charge is 0.410 e. The number of hydrogen-bond acceptors (Lipinski definition) is 3. The summed E-state index contributed by atoms with van der Waals surface area (Å²) >= 11 is 12.4. The summed E-state index contributed by atoms with van der Waals surface area (Å²) in [5.41, 5.74) is -0.858. The van der Waals surface area contributed by atoms with Gasteiger partial charge in [-0.15, -0.1) is 6.58 Å². The Hall–Kier alpha value is -1.72. The van der Waals surface area contributed by atoms with Crippen LogP contribution in [0, 0.1) is 5.92 Å². The van der Waals surface area contributed by atoms with Crippen molar-refractivity contribution in [2.24, 2.45) is 5.92 Å². The Morgan fingerprint density at radius 2 is 1.76 bits per heavy atom. The highest BCUT2D eigenvalue weighted by Gasteiger charge is 2.42. The van der Waals surface area contributed by atoms with Gasteiger partial charge in [0.15, 0.2) is 0 Å². The molecule has 0 spiro atoms. The number of likely N-dealkylation sites (N-methyl/N-ethyl adjacent to an activating group) is 2. The van der Waals surface area contributed by atoms with Gasteiger partial charge in [0, 0.05) is 26.6 Å². The van der Waals surface area contributed by atoms with Crippen LogP contribution in [0.5, 0.6) is 0 Å². The fourth-order valence-corrected chi connectivity index (χ4v) is 3.45. The van der Waals surface area contributed by atoms with Crippen molar-refractivity contribution in [3.8, 4) is 0 Å². The van der Waals surface area contributed by atoms with Crippen molar-refractivity contribution in [2.45, 2.75) is 52.2 Å². The van der Waals surface area contributed by atoms with E-state index in [0.717, 1.165) is 5.56 Å². The SMILES string of the molecule is C=CCC(CN(C)C(=O)C(C)C)(c1ccc(Cl)c(Cl)c1)N(C)C(=O)OC(C)(C)C. The molecular weight excluding hydrogens is 411 g/mol. The van der Waals surface area contributed by atoms with E-state index in [2.05, 4.69) is 6.58 Å². The summed E-state index contributed by atoms with van der Waals surface area (Å²) in [6, 6.07) is 5.22. The predicted octanol–water partition coefficient (Wildman–Crippen LogP) is 5.75. The molecule has 0 saturated heterocycles. The zero-order valence-electron chi connectivity index (χ0n) is 18.4. The van der Waals surface area contributed by atoms with Gasteiger partial charge in [-0.05, 0) is 44.9 Å². The van der Waals surface area contributed by atoms with Crippen LogP contribution in [0.1, 0.15) is 46.6 Å². The molecule has 0 bridgehead atoms. The lowest BCUT2D eigenvalue weighted by Gasteiger charge is -2.44. The van der Waals surface area contributed by atoms with Crippen LogP contribution >= 0.6 is 23.2 Å². The normalized spacial score (nSPS) is 13.6. The zero-order chi connectivity index (χ0) is 22.6. The molecule has 0 aromatic heterocycles. The molecule has 7 heteroatoms. The Bertz CT molecular complexity index is 759. The highest BCUT2D eigenvalue weighted by atomic mass is 35.5. The first-order valence-corrected chi connectivity index (χ1v) is 10.3. The summed E-state index contributed by atoms with van der Waals surface area (Å²) in [6.07, 6.45) is 1.60. The maximum atomic E-state index is 13.0. The van der Waals surface area contributed by atoms with Crippen molar-refractivity contribution in [1.82, 2.24) is 9.80 Å². The van der Waals surface area contributed by atoms with Crippen LogP contribution in [0.4, 0.5) is 4.79 Å². The van der Waals surface area contributed by atoms with Crippen LogP contribution < -0.4 is 0 Å². The molecular formula is C22H32Cl2N2O3. The van der Waals surface area contributed by atoms with Gasteiger partial charge in [0.25, 0.3) is 0 Å². The fraction of sp³-hybridized carbons (Fsp3) is 0.545. The minimum Gasteiger partial charge on any atom is -0.444 e. The van der Waals surface area contributed by atoms with Crippen LogP contribution in [-0.2, 0) is 15.1 Å². The van der Waals surface area contributed by atoms with Crippen LogP contribution in [0.3, 0.4) is 0 Å². The average Bonchev–Trinajstić information content (AvgIpc) is 2.60. The van der Waals surface area contributed by atoms with Gasteiger partial charge in [0.1, 0.15) is 5.60 Å². The van der Waals surface area contributed by atoms with Gasteiger partial charge in [-0.1, -0.05) is 49.2 Å². The molecule has 5 nitrogen and oxygen atoms in total. The van der Waals surface area contributed by atoms with Crippen LogP contribution in [-0.4, -0.2) is 48.0 Å². The molecule has 0 aliphatic rings. The molecule has 2 amide bonds. The van der Waals surface area contributed by atoms with Gasteiger partial charge in [0.2, 0.25) is 5.91 Å². The van der Waals surface area contributed by atoms with Gasteiger partial charge >= 0.3 is 6.09 Å². The third-order valence-corrected chi connectivity index (χ3v) is 5.36. The molecule has 29 heavy (non-hydrogen) atoms. The summed E-state index contributed by atoms with van der Waals surface area (Å²) < 4.78 is 5.61. The number of halogens is 2. The van der Waals surface area contributed by atoms with Crippen LogP contribution in [0.2, 0.25) is 10.0 Å². The number of amides is 2. The Morgan fingerprint density at radius 1 is 1.17 bits per heavy atom. The monoisotopic (exact) mass is 442 g/mol. The predicted molar refractivity (Wildman–Crippen MR) is 119 cm³/mol. The lowest BCUT2D eigenvalue weighted by Crippen LogP contribution is -2.55. The van der Waals surface area contributed by atoms with E-state index in [4.69, 9.17) is 27.9 Å². The molecule has 0 aliphatic heterocycles. The minimum absolute atomic E-state index is 0.0314. The first kappa shape index (κ1) is 25.3. The number of benzene rings is 1. The Labute approximate surface area is 184 Å². The number of rotatable bonds is 7. The molecule has 0 N–H and O–H groups in total. The first-order valence-electron chi connectivity index (χ1n) is 9.53. The number of ether oxygens (including phenoxy) is 1. The van der Waals surface area contributed by atoms with E-state index in [0.29, 0.717) is 16.5 Å². The summed E-state index contributed by atoms with van der Waals surface area (Å²) in [5, 5.41) is 0.780.